The van der Waals surface area contributed by atoms with Crippen LogP contribution in [0.5, 0.6) is 0 Å². The minimum atomic E-state index is -0.203. The lowest BCUT2D eigenvalue weighted by Crippen LogP contribution is -2.45. The van der Waals surface area contributed by atoms with Gasteiger partial charge in [0.05, 0.1) is 12.7 Å². The molecule has 150 valence electrons. The number of aromatic nitrogens is 3. The molecule has 1 aromatic heterocycles. The average molecular weight is 387 g/mol. The molecule has 2 atom stereocenters. The molecular formula is C19H26FN7O. The maximum absolute atomic E-state index is 13.6. The molecule has 2 aliphatic heterocycles. The molecule has 2 unspecified atom stereocenters. The maximum Gasteiger partial charge on any atom is 0.276 e. The zero-order chi connectivity index (χ0) is 19.5. The molecule has 2 fully saturated rings. The zero-order valence-corrected chi connectivity index (χ0v) is 15.7. The van der Waals surface area contributed by atoms with Crippen molar-refractivity contribution in [3.8, 4) is 0 Å². The standard InChI is InChI=1S/C19H26FN7O/c20-15-3-1-2-14(10-15)16-11-22-24-18(16)13-4-7-26(8-5-13)19(28)17-12-27(9-6-21)25-23-17/h1-3,10,12-13,16,18,22,24H,4-9,11,21H2. The Bertz CT molecular complexity index is 818. The molecule has 1 aromatic carbocycles. The average Bonchev–Trinajstić information content (AvgIpc) is 3.38. The van der Waals surface area contributed by atoms with Crippen molar-refractivity contribution in [2.45, 2.75) is 31.3 Å². The Kier molecular flexibility index (Phi) is 5.65. The Balaban J connectivity index is 1.37. The number of likely N-dealkylation sites (tertiary alicyclic amines) is 1. The van der Waals surface area contributed by atoms with Crippen LogP contribution >= 0.6 is 0 Å². The van der Waals surface area contributed by atoms with Gasteiger partial charge < -0.3 is 10.6 Å². The van der Waals surface area contributed by atoms with Gasteiger partial charge >= 0.3 is 0 Å². The molecule has 0 radical (unpaired) electrons. The molecule has 4 N–H and O–H groups in total. The van der Waals surface area contributed by atoms with Crippen LogP contribution in [0, 0.1) is 11.7 Å². The van der Waals surface area contributed by atoms with Gasteiger partial charge in [0, 0.05) is 38.1 Å². The van der Waals surface area contributed by atoms with Crippen LogP contribution in [-0.4, -0.2) is 58.0 Å². The van der Waals surface area contributed by atoms with E-state index in [2.05, 4.69) is 21.2 Å². The normalized spacial score (nSPS) is 23.3. The molecule has 0 spiro atoms. The van der Waals surface area contributed by atoms with E-state index in [1.54, 1.807) is 23.0 Å². The van der Waals surface area contributed by atoms with Gasteiger partial charge in [-0.05, 0) is 36.5 Å². The number of nitrogens with one attached hydrogen (secondary N) is 2. The molecule has 28 heavy (non-hydrogen) atoms. The van der Waals surface area contributed by atoms with E-state index in [1.165, 1.54) is 6.07 Å². The van der Waals surface area contributed by atoms with E-state index in [9.17, 15) is 9.18 Å². The minimum Gasteiger partial charge on any atom is -0.337 e. The Morgan fingerprint density at radius 1 is 1.32 bits per heavy atom. The number of piperidine rings is 1. The zero-order valence-electron chi connectivity index (χ0n) is 15.7. The lowest BCUT2D eigenvalue weighted by Gasteiger charge is -2.36. The molecule has 9 heteroatoms. The molecule has 3 heterocycles. The molecule has 2 saturated heterocycles. The van der Waals surface area contributed by atoms with Crippen LogP contribution in [0.3, 0.4) is 0 Å². The molecule has 0 saturated carbocycles. The van der Waals surface area contributed by atoms with Crippen LogP contribution in [0.2, 0.25) is 0 Å². The molecule has 4 rings (SSSR count). The van der Waals surface area contributed by atoms with Crippen LogP contribution in [0.15, 0.2) is 30.5 Å². The molecule has 0 aliphatic carbocycles. The fourth-order valence-corrected chi connectivity index (χ4v) is 4.28. The summed E-state index contributed by atoms with van der Waals surface area (Å²) in [5, 5.41) is 7.92. The summed E-state index contributed by atoms with van der Waals surface area (Å²) >= 11 is 0. The van der Waals surface area contributed by atoms with Crippen molar-refractivity contribution in [3.05, 3.63) is 47.5 Å². The number of carbonyl (C=O) groups excluding carboxylic acids is 1. The van der Waals surface area contributed by atoms with E-state index in [-0.39, 0.29) is 23.7 Å². The number of amides is 1. The van der Waals surface area contributed by atoms with Gasteiger partial charge in [-0.15, -0.1) is 5.10 Å². The Morgan fingerprint density at radius 3 is 2.89 bits per heavy atom. The van der Waals surface area contributed by atoms with Crippen LogP contribution in [-0.2, 0) is 6.54 Å². The topological polar surface area (TPSA) is 101 Å². The lowest BCUT2D eigenvalue weighted by atomic mass is 9.80. The highest BCUT2D eigenvalue weighted by Crippen LogP contribution is 2.32. The fraction of sp³-hybridized carbons (Fsp3) is 0.526. The number of nitrogens with two attached hydrogens (primary N) is 1. The number of nitrogens with zero attached hydrogens (tertiary/aromatic N) is 4. The summed E-state index contributed by atoms with van der Waals surface area (Å²) in [7, 11) is 0. The summed E-state index contributed by atoms with van der Waals surface area (Å²) in [5.41, 5.74) is 13.5. The van der Waals surface area contributed by atoms with Gasteiger partial charge in [0.25, 0.3) is 5.91 Å². The number of halogens is 1. The number of carbonyl (C=O) groups is 1. The number of hydrogen-bond acceptors (Lipinski definition) is 6. The van der Waals surface area contributed by atoms with Gasteiger partial charge in [-0.2, -0.15) is 0 Å². The summed E-state index contributed by atoms with van der Waals surface area (Å²) in [6.07, 6.45) is 3.45. The number of hydrogen-bond donors (Lipinski definition) is 3. The summed E-state index contributed by atoms with van der Waals surface area (Å²) < 4.78 is 15.2. The van der Waals surface area contributed by atoms with Gasteiger partial charge in [0.1, 0.15) is 5.82 Å². The van der Waals surface area contributed by atoms with Crippen molar-refractivity contribution in [2.75, 3.05) is 26.2 Å². The molecule has 1 amide bonds. The molecule has 2 aliphatic rings. The third-order valence-corrected chi connectivity index (χ3v) is 5.75. The fourth-order valence-electron chi connectivity index (χ4n) is 4.28. The lowest BCUT2D eigenvalue weighted by molar-refractivity contribution is 0.0664. The van der Waals surface area contributed by atoms with Gasteiger partial charge in [-0.25, -0.2) is 4.39 Å². The second-order valence-electron chi connectivity index (χ2n) is 7.50. The van der Waals surface area contributed by atoms with Crippen LogP contribution < -0.4 is 16.6 Å². The third kappa shape index (κ3) is 3.91. The van der Waals surface area contributed by atoms with Crippen molar-refractivity contribution in [1.82, 2.24) is 30.7 Å². The first-order valence-corrected chi connectivity index (χ1v) is 9.79. The summed E-state index contributed by atoms with van der Waals surface area (Å²) in [4.78, 5) is 14.5. The Hall–Kier alpha value is -2.36. The second kappa shape index (κ2) is 8.34. The monoisotopic (exact) mass is 387 g/mol. The predicted molar refractivity (Wildman–Crippen MR) is 102 cm³/mol. The first-order valence-electron chi connectivity index (χ1n) is 9.79. The van der Waals surface area contributed by atoms with Crippen molar-refractivity contribution < 1.29 is 9.18 Å². The SMILES string of the molecule is NCCn1cc(C(=O)N2CCC(C3NNCC3c3cccc(F)c3)CC2)nn1. The van der Waals surface area contributed by atoms with E-state index in [0.717, 1.165) is 24.9 Å². The molecule has 2 aromatic rings. The smallest absolute Gasteiger partial charge is 0.276 e. The highest BCUT2D eigenvalue weighted by atomic mass is 19.1. The third-order valence-electron chi connectivity index (χ3n) is 5.75. The van der Waals surface area contributed by atoms with E-state index >= 15 is 0 Å². The number of benzene rings is 1. The highest BCUT2D eigenvalue weighted by Gasteiger charge is 2.37. The quantitative estimate of drug-likeness (QED) is 0.690. The van der Waals surface area contributed by atoms with Crippen LogP contribution in [0.25, 0.3) is 0 Å². The summed E-state index contributed by atoms with van der Waals surface area (Å²) in [6, 6.07) is 7.07. The molecule has 8 nitrogen and oxygen atoms in total. The first-order chi connectivity index (χ1) is 13.7. The maximum atomic E-state index is 13.6. The van der Waals surface area contributed by atoms with Crippen LogP contribution in [0.1, 0.15) is 34.8 Å². The second-order valence-corrected chi connectivity index (χ2v) is 7.50. The van der Waals surface area contributed by atoms with Crippen molar-refractivity contribution in [3.63, 3.8) is 0 Å². The van der Waals surface area contributed by atoms with E-state index in [0.29, 0.717) is 37.8 Å². The van der Waals surface area contributed by atoms with Crippen molar-refractivity contribution in [2.24, 2.45) is 11.7 Å². The minimum absolute atomic E-state index is 0.0825. The first kappa shape index (κ1) is 19.0. The van der Waals surface area contributed by atoms with Gasteiger partial charge in [-0.1, -0.05) is 17.3 Å². The van der Waals surface area contributed by atoms with Crippen molar-refractivity contribution in [1.29, 1.82) is 0 Å². The van der Waals surface area contributed by atoms with E-state index < -0.39 is 0 Å². The number of hydrazine groups is 1. The van der Waals surface area contributed by atoms with E-state index in [4.69, 9.17) is 5.73 Å². The van der Waals surface area contributed by atoms with Crippen molar-refractivity contribution >= 4 is 5.91 Å². The van der Waals surface area contributed by atoms with Crippen LogP contribution in [0.4, 0.5) is 4.39 Å². The predicted octanol–water partition coefficient (Wildman–Crippen LogP) is 0.488. The molecule has 0 bridgehead atoms. The van der Waals surface area contributed by atoms with Gasteiger partial charge in [0.2, 0.25) is 0 Å². The largest absolute Gasteiger partial charge is 0.337 e. The van der Waals surface area contributed by atoms with E-state index in [1.807, 2.05) is 11.0 Å². The number of rotatable bonds is 5. The summed E-state index contributed by atoms with van der Waals surface area (Å²) in [5.74, 6) is 0.353. The summed E-state index contributed by atoms with van der Waals surface area (Å²) in [6.45, 7) is 3.14. The molecular weight excluding hydrogens is 361 g/mol. The Labute approximate surface area is 163 Å². The van der Waals surface area contributed by atoms with Gasteiger partial charge in [0.15, 0.2) is 5.69 Å². The van der Waals surface area contributed by atoms with Gasteiger partial charge in [-0.3, -0.25) is 20.3 Å². The highest BCUT2D eigenvalue weighted by molar-refractivity contribution is 5.92. The Morgan fingerprint density at radius 2 is 2.14 bits per heavy atom.